The maximum absolute atomic E-state index is 11.2. The van der Waals surface area contributed by atoms with Gasteiger partial charge in [0.2, 0.25) is 5.91 Å². The Morgan fingerprint density at radius 2 is 2.06 bits per heavy atom. The average molecular weight is 270 g/mol. The quantitative estimate of drug-likeness (QED) is 0.616. The van der Waals surface area contributed by atoms with Crippen LogP contribution in [0.25, 0.3) is 0 Å². The molecule has 0 aliphatic carbocycles. The Balaban J connectivity index is 2.21. The van der Waals surface area contributed by atoms with E-state index in [9.17, 15) is 9.59 Å². The average Bonchev–Trinajstić information content (AvgIpc) is 2.71. The Bertz CT molecular complexity index is 404. The molecule has 1 aromatic rings. The fraction of sp³-hybridized carbons (Fsp3) is 0.500. The van der Waals surface area contributed by atoms with Crippen molar-refractivity contribution in [2.45, 2.75) is 26.3 Å². The lowest BCUT2D eigenvalue weighted by Crippen LogP contribution is -2.27. The largest absolute Gasteiger partial charge is 0.481 e. The van der Waals surface area contributed by atoms with E-state index in [-0.39, 0.29) is 12.3 Å². The number of amides is 1. The first-order valence-corrected chi connectivity index (χ1v) is 6.70. The van der Waals surface area contributed by atoms with Gasteiger partial charge in [0.15, 0.2) is 0 Å². The van der Waals surface area contributed by atoms with Crippen molar-refractivity contribution in [2.75, 3.05) is 13.1 Å². The lowest BCUT2D eigenvalue weighted by atomic mass is 10.3. The van der Waals surface area contributed by atoms with Gasteiger partial charge in [-0.3, -0.25) is 9.59 Å². The van der Waals surface area contributed by atoms with Crippen molar-refractivity contribution in [1.29, 1.82) is 0 Å². The van der Waals surface area contributed by atoms with E-state index in [1.54, 1.807) is 0 Å². The van der Waals surface area contributed by atoms with Gasteiger partial charge >= 0.3 is 5.97 Å². The second-order valence-corrected chi connectivity index (χ2v) is 5.07. The molecule has 0 bridgehead atoms. The van der Waals surface area contributed by atoms with Crippen LogP contribution in [0.2, 0.25) is 0 Å². The van der Waals surface area contributed by atoms with Crippen LogP contribution in [0.1, 0.15) is 23.1 Å². The molecule has 0 unspecified atom stereocenters. The summed E-state index contributed by atoms with van der Waals surface area (Å²) in [5, 5.41) is 14.5. The highest BCUT2D eigenvalue weighted by Gasteiger charge is 2.04. The smallest absolute Gasteiger partial charge is 0.308 e. The number of hydrogen-bond donors (Lipinski definition) is 3. The molecule has 0 aliphatic heterocycles. The SMILES string of the molecule is CCNC(=O)CCNCc1ccc(CC(=O)O)s1. The Morgan fingerprint density at radius 3 is 2.72 bits per heavy atom. The highest BCUT2D eigenvalue weighted by Crippen LogP contribution is 2.16. The third-order valence-electron chi connectivity index (χ3n) is 2.24. The standard InChI is InChI=1S/C12H18N2O3S/c1-2-14-11(15)5-6-13-8-10-4-3-9(18-10)7-12(16)17/h3-4,13H,2,5-8H2,1H3,(H,14,15)(H,16,17). The summed E-state index contributed by atoms with van der Waals surface area (Å²) in [4.78, 5) is 23.6. The van der Waals surface area contributed by atoms with Crippen molar-refractivity contribution in [1.82, 2.24) is 10.6 Å². The molecule has 1 rings (SSSR count). The van der Waals surface area contributed by atoms with Crippen LogP contribution in [-0.4, -0.2) is 30.1 Å². The Morgan fingerprint density at radius 1 is 1.33 bits per heavy atom. The summed E-state index contributed by atoms with van der Waals surface area (Å²) in [7, 11) is 0. The fourth-order valence-electron chi connectivity index (χ4n) is 1.46. The van der Waals surface area contributed by atoms with Crippen LogP contribution in [0.5, 0.6) is 0 Å². The summed E-state index contributed by atoms with van der Waals surface area (Å²) in [6.07, 6.45) is 0.533. The summed E-state index contributed by atoms with van der Waals surface area (Å²) in [5.41, 5.74) is 0. The zero-order valence-corrected chi connectivity index (χ0v) is 11.2. The molecule has 0 aromatic carbocycles. The molecule has 18 heavy (non-hydrogen) atoms. The van der Waals surface area contributed by atoms with E-state index >= 15 is 0 Å². The molecular formula is C12H18N2O3S. The predicted molar refractivity (Wildman–Crippen MR) is 70.7 cm³/mol. The molecule has 6 heteroatoms. The summed E-state index contributed by atoms with van der Waals surface area (Å²) in [5.74, 6) is -0.768. The summed E-state index contributed by atoms with van der Waals surface area (Å²) in [6, 6.07) is 3.75. The Hall–Kier alpha value is -1.40. The molecule has 0 spiro atoms. The number of aliphatic carboxylic acids is 1. The van der Waals surface area contributed by atoms with Crippen LogP contribution in [0.15, 0.2) is 12.1 Å². The first-order chi connectivity index (χ1) is 8.61. The number of carbonyl (C=O) groups excluding carboxylic acids is 1. The minimum Gasteiger partial charge on any atom is -0.481 e. The molecule has 100 valence electrons. The number of thiophene rings is 1. The van der Waals surface area contributed by atoms with Gasteiger partial charge in [-0.2, -0.15) is 0 Å². The molecule has 0 saturated heterocycles. The van der Waals surface area contributed by atoms with Gasteiger partial charge in [-0.05, 0) is 19.1 Å². The van der Waals surface area contributed by atoms with Gasteiger partial charge in [0.25, 0.3) is 0 Å². The third-order valence-corrected chi connectivity index (χ3v) is 3.33. The molecule has 3 N–H and O–H groups in total. The molecule has 1 heterocycles. The second-order valence-electron chi connectivity index (χ2n) is 3.82. The van der Waals surface area contributed by atoms with E-state index in [1.165, 1.54) is 11.3 Å². The van der Waals surface area contributed by atoms with Gasteiger partial charge in [0.1, 0.15) is 0 Å². The molecule has 0 atom stereocenters. The molecule has 0 aliphatic rings. The van der Waals surface area contributed by atoms with Crippen LogP contribution >= 0.6 is 11.3 Å². The van der Waals surface area contributed by atoms with Gasteiger partial charge in [-0.15, -0.1) is 11.3 Å². The first-order valence-electron chi connectivity index (χ1n) is 5.88. The normalized spacial score (nSPS) is 10.3. The van der Waals surface area contributed by atoms with Gasteiger partial charge in [-0.25, -0.2) is 0 Å². The van der Waals surface area contributed by atoms with Crippen LogP contribution < -0.4 is 10.6 Å². The number of carbonyl (C=O) groups is 2. The monoisotopic (exact) mass is 270 g/mol. The fourth-order valence-corrected chi connectivity index (χ4v) is 2.44. The second kappa shape index (κ2) is 7.84. The van der Waals surface area contributed by atoms with E-state index in [0.717, 1.165) is 9.75 Å². The maximum Gasteiger partial charge on any atom is 0.308 e. The van der Waals surface area contributed by atoms with E-state index in [2.05, 4.69) is 10.6 Å². The highest BCUT2D eigenvalue weighted by atomic mass is 32.1. The van der Waals surface area contributed by atoms with Gasteiger partial charge < -0.3 is 15.7 Å². The van der Waals surface area contributed by atoms with Gasteiger partial charge in [0, 0.05) is 35.8 Å². The minimum absolute atomic E-state index is 0.0442. The van der Waals surface area contributed by atoms with Crippen molar-refractivity contribution >= 4 is 23.2 Å². The third kappa shape index (κ3) is 5.79. The van der Waals surface area contributed by atoms with Crippen LogP contribution in [0.3, 0.4) is 0 Å². The zero-order chi connectivity index (χ0) is 13.4. The van der Waals surface area contributed by atoms with Crippen molar-refractivity contribution in [2.24, 2.45) is 0 Å². The molecule has 0 radical (unpaired) electrons. The van der Waals surface area contributed by atoms with Crippen LogP contribution in [-0.2, 0) is 22.6 Å². The van der Waals surface area contributed by atoms with Crippen molar-refractivity contribution < 1.29 is 14.7 Å². The lowest BCUT2D eigenvalue weighted by molar-refractivity contribution is -0.136. The highest BCUT2D eigenvalue weighted by molar-refractivity contribution is 7.12. The van der Waals surface area contributed by atoms with E-state index in [4.69, 9.17) is 5.11 Å². The molecule has 1 amide bonds. The number of rotatable bonds is 8. The summed E-state index contributed by atoms with van der Waals surface area (Å²) in [6.45, 7) is 3.84. The first kappa shape index (κ1) is 14.7. The lowest BCUT2D eigenvalue weighted by Gasteiger charge is -2.03. The predicted octanol–water partition coefficient (Wildman–Crippen LogP) is 0.991. The molecule has 0 fully saturated rings. The Labute approximate surface area is 110 Å². The Kier molecular flexibility index (Phi) is 6.38. The molecule has 0 saturated carbocycles. The van der Waals surface area contributed by atoms with E-state index < -0.39 is 5.97 Å². The van der Waals surface area contributed by atoms with E-state index in [0.29, 0.717) is 26.1 Å². The van der Waals surface area contributed by atoms with Crippen LogP contribution in [0.4, 0.5) is 0 Å². The molecule has 1 aromatic heterocycles. The number of nitrogens with one attached hydrogen (secondary N) is 2. The number of carboxylic acid groups (broad SMARTS) is 1. The van der Waals surface area contributed by atoms with E-state index in [1.807, 2.05) is 19.1 Å². The summed E-state index contributed by atoms with van der Waals surface area (Å²) < 4.78 is 0. The van der Waals surface area contributed by atoms with Crippen molar-refractivity contribution in [3.05, 3.63) is 21.9 Å². The minimum atomic E-state index is -0.812. The van der Waals surface area contributed by atoms with Crippen molar-refractivity contribution in [3.63, 3.8) is 0 Å². The van der Waals surface area contributed by atoms with Gasteiger partial charge in [0.05, 0.1) is 6.42 Å². The summed E-state index contributed by atoms with van der Waals surface area (Å²) >= 11 is 1.49. The number of carboxylic acids is 1. The van der Waals surface area contributed by atoms with Crippen molar-refractivity contribution in [3.8, 4) is 0 Å². The van der Waals surface area contributed by atoms with Gasteiger partial charge in [-0.1, -0.05) is 0 Å². The maximum atomic E-state index is 11.2. The number of hydrogen-bond acceptors (Lipinski definition) is 4. The molecule has 5 nitrogen and oxygen atoms in total. The topological polar surface area (TPSA) is 78.4 Å². The van der Waals surface area contributed by atoms with Crippen LogP contribution in [0, 0.1) is 0 Å². The zero-order valence-electron chi connectivity index (χ0n) is 10.4. The molecular weight excluding hydrogens is 252 g/mol.